The topological polar surface area (TPSA) is 89.9 Å². The van der Waals surface area contributed by atoms with Crippen LogP contribution < -0.4 is 39.4 Å². The van der Waals surface area contributed by atoms with Crippen molar-refractivity contribution in [2.45, 2.75) is 46.3 Å². The Hall–Kier alpha value is -2.38. The van der Waals surface area contributed by atoms with Gasteiger partial charge in [-0.15, -0.1) is 0 Å². The number of aliphatic hydroxyl groups is 1. The van der Waals surface area contributed by atoms with Gasteiger partial charge in [-0.3, -0.25) is 4.79 Å². The molecule has 182 valence electrons. The molecule has 3 unspecified atom stereocenters. The van der Waals surface area contributed by atoms with Gasteiger partial charge in [-0.1, -0.05) is 69.7 Å². The number of carboxylic acid groups (broad SMARTS) is 1. The number of aliphatic hydroxyl groups excluding tert-OH is 1. The van der Waals surface area contributed by atoms with E-state index >= 15 is 0 Å². The minimum atomic E-state index is -1.39. The van der Waals surface area contributed by atoms with Gasteiger partial charge in [0.25, 0.3) is 0 Å². The Morgan fingerprint density at radius 1 is 1.14 bits per heavy atom. The van der Waals surface area contributed by atoms with Crippen molar-refractivity contribution in [3.8, 4) is 16.9 Å². The molecule has 1 fully saturated rings. The summed E-state index contributed by atoms with van der Waals surface area (Å²) in [4.78, 5) is 25.9. The van der Waals surface area contributed by atoms with Gasteiger partial charge < -0.3 is 24.6 Å². The number of hydrogen-bond acceptors (Lipinski definition) is 5. The molecule has 1 N–H and O–H groups in total. The van der Waals surface area contributed by atoms with Crippen LogP contribution in [-0.4, -0.2) is 40.6 Å². The number of hydrogen-bond donors (Lipinski definition) is 1. The number of aliphatic carboxylic acids is 1. The summed E-state index contributed by atoms with van der Waals surface area (Å²) in [5, 5.41) is 22.1. The Kier molecular flexibility index (Phi) is 7.54. The summed E-state index contributed by atoms with van der Waals surface area (Å²) in [6, 6.07) is 13.8. The molecule has 1 amide bonds. The molecule has 2 aliphatic heterocycles. The Bertz CT molecular complexity index is 1280. The summed E-state index contributed by atoms with van der Waals surface area (Å²) in [6.45, 7) is 7.85. The van der Waals surface area contributed by atoms with Crippen molar-refractivity contribution in [1.29, 1.82) is 0 Å². The van der Waals surface area contributed by atoms with Crippen LogP contribution in [0.25, 0.3) is 16.7 Å². The molecule has 2 heterocycles. The van der Waals surface area contributed by atoms with Crippen molar-refractivity contribution in [2.24, 2.45) is 17.8 Å². The molecule has 2 aromatic rings. The van der Waals surface area contributed by atoms with Gasteiger partial charge in [0.15, 0.2) is 0 Å². The molecule has 0 spiro atoms. The van der Waals surface area contributed by atoms with E-state index in [4.69, 9.17) is 4.74 Å². The number of benzene rings is 2. The van der Waals surface area contributed by atoms with Gasteiger partial charge in [-0.05, 0) is 46.7 Å². The SMILES string of the molecule is CCC(C)/C=C1/c2ccccc2-c2c(OCC3=C(C(=O)[O-])N4C(=O)[C@H](C(C)O)C4[C@H]3C)cccc21.[Na+]. The Balaban J connectivity index is 0.00000304. The second kappa shape index (κ2) is 10.2. The van der Waals surface area contributed by atoms with Crippen LogP contribution in [0.1, 0.15) is 45.2 Å². The molecule has 0 bridgehead atoms. The van der Waals surface area contributed by atoms with Crippen LogP contribution in [0.3, 0.4) is 0 Å². The number of carboxylic acids is 1. The summed E-state index contributed by atoms with van der Waals surface area (Å²) in [5.41, 5.74) is 5.95. The molecule has 36 heavy (non-hydrogen) atoms. The monoisotopic (exact) mass is 495 g/mol. The van der Waals surface area contributed by atoms with Crippen molar-refractivity contribution in [3.63, 3.8) is 0 Å². The first-order valence-corrected chi connectivity index (χ1v) is 12.3. The Labute approximate surface area is 233 Å². The van der Waals surface area contributed by atoms with E-state index < -0.39 is 18.0 Å². The van der Waals surface area contributed by atoms with E-state index in [9.17, 15) is 19.8 Å². The molecule has 5 rings (SSSR count). The third kappa shape index (κ3) is 4.04. The van der Waals surface area contributed by atoms with Gasteiger partial charge in [0, 0.05) is 11.5 Å². The fourth-order valence-electron chi connectivity index (χ4n) is 5.80. The van der Waals surface area contributed by atoms with Crippen molar-refractivity contribution in [3.05, 3.63) is 70.9 Å². The standard InChI is InChI=1S/C29H31NO5.Na/c1-5-15(2)13-21-18-9-6-7-10-19(18)25-20(21)11-8-12-23(25)35-14-22-16(3)26-24(17(4)31)28(32)30(26)27(22)29(33)34;/h6-13,15-17,24,26,31H,5,14H2,1-4H3,(H,33,34);/q;+1/p-1/b21-13-;/t15?,16-,17?,24+,26?;/m0./s1. The molecule has 7 heteroatoms. The van der Waals surface area contributed by atoms with E-state index in [2.05, 4.69) is 38.1 Å². The van der Waals surface area contributed by atoms with Crippen LogP contribution in [0, 0.1) is 17.8 Å². The van der Waals surface area contributed by atoms with E-state index in [0.717, 1.165) is 28.7 Å². The molecule has 0 aromatic heterocycles. The Morgan fingerprint density at radius 2 is 1.81 bits per heavy atom. The maximum atomic E-state index is 12.6. The van der Waals surface area contributed by atoms with E-state index in [1.807, 2.05) is 31.2 Å². The minimum absolute atomic E-state index is 0. The van der Waals surface area contributed by atoms with Crippen molar-refractivity contribution in [1.82, 2.24) is 4.90 Å². The molecule has 1 saturated heterocycles. The fraction of sp³-hybridized carbons (Fsp3) is 0.379. The number of fused-ring (bicyclic) bond motifs is 4. The van der Waals surface area contributed by atoms with Gasteiger partial charge in [-0.2, -0.15) is 0 Å². The van der Waals surface area contributed by atoms with Crippen LogP contribution in [0.15, 0.2) is 59.8 Å². The fourth-order valence-corrected chi connectivity index (χ4v) is 5.80. The Morgan fingerprint density at radius 3 is 2.44 bits per heavy atom. The third-order valence-electron chi connectivity index (χ3n) is 7.79. The van der Waals surface area contributed by atoms with Crippen molar-refractivity contribution < 1.29 is 54.1 Å². The first kappa shape index (κ1) is 26.7. The second-order valence-corrected chi connectivity index (χ2v) is 9.89. The summed E-state index contributed by atoms with van der Waals surface area (Å²) in [5.74, 6) is -1.54. The van der Waals surface area contributed by atoms with E-state index in [-0.39, 0.29) is 59.7 Å². The summed E-state index contributed by atoms with van der Waals surface area (Å²) in [6.07, 6.45) is 2.50. The molecule has 1 aliphatic carbocycles. The van der Waals surface area contributed by atoms with Crippen LogP contribution in [0.2, 0.25) is 0 Å². The average Bonchev–Trinajstić information content (AvgIpc) is 3.27. The first-order chi connectivity index (χ1) is 16.8. The van der Waals surface area contributed by atoms with Crippen LogP contribution in [0.4, 0.5) is 0 Å². The van der Waals surface area contributed by atoms with Crippen LogP contribution in [0.5, 0.6) is 5.75 Å². The molecule has 3 aliphatic rings. The maximum Gasteiger partial charge on any atom is 1.00 e. The normalized spacial score (nSPS) is 24.5. The second-order valence-electron chi connectivity index (χ2n) is 9.89. The first-order valence-electron chi connectivity index (χ1n) is 12.3. The van der Waals surface area contributed by atoms with Crippen LogP contribution in [-0.2, 0) is 9.59 Å². The summed E-state index contributed by atoms with van der Waals surface area (Å²) in [7, 11) is 0. The largest absolute Gasteiger partial charge is 1.00 e. The number of β-lactam (4-membered cyclic amide) rings is 1. The molecular weight excluding hydrogens is 465 g/mol. The van der Waals surface area contributed by atoms with Gasteiger partial charge in [0.2, 0.25) is 5.91 Å². The minimum Gasteiger partial charge on any atom is -0.543 e. The maximum absolute atomic E-state index is 12.6. The van der Waals surface area contributed by atoms with Crippen molar-refractivity contribution in [2.75, 3.05) is 6.61 Å². The molecule has 5 atom stereocenters. The summed E-state index contributed by atoms with van der Waals surface area (Å²) < 4.78 is 6.30. The molecule has 0 radical (unpaired) electrons. The number of ether oxygens (including phenoxy) is 1. The molecule has 2 aromatic carbocycles. The van der Waals surface area contributed by atoms with E-state index in [1.54, 1.807) is 6.92 Å². The third-order valence-corrected chi connectivity index (χ3v) is 7.79. The van der Waals surface area contributed by atoms with E-state index in [0.29, 0.717) is 17.2 Å². The van der Waals surface area contributed by atoms with E-state index in [1.165, 1.54) is 10.5 Å². The molecular formula is C29H30NNaO5. The van der Waals surface area contributed by atoms with Gasteiger partial charge >= 0.3 is 29.6 Å². The zero-order valence-corrected chi connectivity index (χ0v) is 23.4. The number of nitrogens with zero attached hydrogens (tertiary/aromatic N) is 1. The van der Waals surface area contributed by atoms with Crippen molar-refractivity contribution >= 4 is 17.4 Å². The molecule has 0 saturated carbocycles. The van der Waals surface area contributed by atoms with Gasteiger partial charge in [0.1, 0.15) is 12.4 Å². The number of carbonyl (C=O) groups excluding carboxylic acids is 2. The predicted molar refractivity (Wildman–Crippen MR) is 131 cm³/mol. The predicted octanol–water partition coefficient (Wildman–Crippen LogP) is 0.389. The number of rotatable bonds is 7. The molecule has 6 nitrogen and oxygen atoms in total. The van der Waals surface area contributed by atoms with Gasteiger partial charge in [0.05, 0.1) is 29.7 Å². The smallest absolute Gasteiger partial charge is 0.543 e. The number of allylic oxidation sites excluding steroid dienone is 1. The average molecular weight is 496 g/mol. The quantitative estimate of drug-likeness (QED) is 0.378. The number of amides is 1. The zero-order chi connectivity index (χ0) is 25.0. The van der Waals surface area contributed by atoms with Gasteiger partial charge in [-0.25, -0.2) is 0 Å². The van der Waals surface area contributed by atoms with Crippen LogP contribution >= 0.6 is 0 Å². The number of carbonyl (C=O) groups is 2. The summed E-state index contributed by atoms with van der Waals surface area (Å²) >= 11 is 0. The zero-order valence-electron chi connectivity index (χ0n) is 21.4.